The van der Waals surface area contributed by atoms with Crippen LogP contribution in [0.15, 0.2) is 54.9 Å². The first kappa shape index (κ1) is 25.3. The summed E-state index contributed by atoms with van der Waals surface area (Å²) in [4.78, 5) is 32.4. The number of rotatable bonds is 6. The number of methoxy groups -OCH3 is 2. The van der Waals surface area contributed by atoms with E-state index in [0.717, 1.165) is 45.0 Å². The molecule has 0 bridgehead atoms. The minimum absolute atomic E-state index is 0.101. The Hall–Kier alpha value is -4.40. The first-order chi connectivity index (χ1) is 18.4. The Labute approximate surface area is 222 Å². The van der Waals surface area contributed by atoms with Crippen LogP contribution in [0.3, 0.4) is 0 Å². The van der Waals surface area contributed by atoms with Crippen LogP contribution >= 0.6 is 0 Å². The molecule has 196 valence electrons. The lowest BCUT2D eigenvalue weighted by atomic mass is 10.0. The van der Waals surface area contributed by atoms with Crippen LogP contribution < -0.4 is 19.3 Å². The molecule has 1 aliphatic heterocycles. The van der Waals surface area contributed by atoms with Crippen molar-refractivity contribution in [2.75, 3.05) is 57.2 Å². The van der Waals surface area contributed by atoms with E-state index in [1.54, 1.807) is 21.1 Å². The van der Waals surface area contributed by atoms with Crippen molar-refractivity contribution in [3.63, 3.8) is 0 Å². The second-order valence-corrected chi connectivity index (χ2v) is 9.33. The molecule has 4 aromatic rings. The van der Waals surface area contributed by atoms with Gasteiger partial charge < -0.3 is 24.2 Å². The molecular weight excluding hydrogens is 480 g/mol. The number of aromatic nitrogens is 3. The molecule has 0 unspecified atom stereocenters. The maximum Gasteiger partial charge on any atom is 0.219 e. The number of amides is 1. The third-order valence-corrected chi connectivity index (χ3v) is 7.03. The third kappa shape index (κ3) is 4.79. The fourth-order valence-electron chi connectivity index (χ4n) is 4.88. The predicted molar refractivity (Wildman–Crippen MR) is 150 cm³/mol. The van der Waals surface area contributed by atoms with E-state index >= 15 is 0 Å². The molecule has 1 aromatic carbocycles. The summed E-state index contributed by atoms with van der Waals surface area (Å²) in [7, 11) is 5.29. The number of hydrogen-bond acceptors (Lipinski definition) is 8. The lowest BCUT2D eigenvalue weighted by molar-refractivity contribution is -0.129. The number of fused-ring (bicyclic) bond motifs is 1. The second kappa shape index (κ2) is 10.5. The van der Waals surface area contributed by atoms with Crippen molar-refractivity contribution in [1.82, 2.24) is 19.9 Å². The Morgan fingerprint density at radius 1 is 0.895 bits per heavy atom. The van der Waals surface area contributed by atoms with E-state index in [1.807, 2.05) is 61.6 Å². The third-order valence-electron chi connectivity index (χ3n) is 7.03. The van der Waals surface area contributed by atoms with E-state index in [-0.39, 0.29) is 5.91 Å². The fraction of sp³-hybridized carbons (Fsp3) is 0.310. The topological polar surface area (TPSA) is 83.9 Å². The first-order valence-corrected chi connectivity index (χ1v) is 12.6. The summed E-state index contributed by atoms with van der Waals surface area (Å²) < 4.78 is 11.0. The van der Waals surface area contributed by atoms with Crippen molar-refractivity contribution < 1.29 is 14.3 Å². The minimum atomic E-state index is 0.101. The van der Waals surface area contributed by atoms with Gasteiger partial charge in [-0.05, 0) is 42.8 Å². The van der Waals surface area contributed by atoms with E-state index in [9.17, 15) is 4.79 Å². The van der Waals surface area contributed by atoms with Crippen LogP contribution in [0, 0.1) is 6.92 Å². The highest BCUT2D eigenvalue weighted by Crippen LogP contribution is 2.39. The summed E-state index contributed by atoms with van der Waals surface area (Å²) in [5.74, 6) is 2.27. The fourth-order valence-corrected chi connectivity index (χ4v) is 4.88. The number of piperazine rings is 1. The molecule has 38 heavy (non-hydrogen) atoms. The number of pyridine rings is 3. The number of aryl methyl sites for hydroxylation is 1. The molecular formula is C29H32N6O3. The number of anilines is 3. The van der Waals surface area contributed by atoms with Crippen molar-refractivity contribution >= 4 is 34.1 Å². The summed E-state index contributed by atoms with van der Waals surface area (Å²) in [6.45, 7) is 6.35. The Kier molecular flexibility index (Phi) is 7.00. The number of nitrogens with zero attached hydrogens (tertiary/aromatic N) is 6. The smallest absolute Gasteiger partial charge is 0.219 e. The molecule has 0 spiro atoms. The van der Waals surface area contributed by atoms with Gasteiger partial charge >= 0.3 is 0 Å². The molecule has 1 amide bonds. The van der Waals surface area contributed by atoms with Crippen LogP contribution in [-0.2, 0) is 4.79 Å². The monoisotopic (exact) mass is 512 g/mol. The van der Waals surface area contributed by atoms with Gasteiger partial charge in [-0.25, -0.2) is 4.98 Å². The molecule has 0 aliphatic carbocycles. The molecule has 1 saturated heterocycles. The van der Waals surface area contributed by atoms with Gasteiger partial charge in [0, 0.05) is 75.6 Å². The lowest BCUT2D eigenvalue weighted by Crippen LogP contribution is -2.48. The summed E-state index contributed by atoms with van der Waals surface area (Å²) in [5, 5.41) is 0. The largest absolute Gasteiger partial charge is 0.493 e. The van der Waals surface area contributed by atoms with Gasteiger partial charge in [-0.3, -0.25) is 14.8 Å². The number of carbonyl (C=O) groups excluding carboxylic acids is 1. The summed E-state index contributed by atoms with van der Waals surface area (Å²) in [6.07, 6.45) is 3.63. The average Bonchev–Trinajstić information content (AvgIpc) is 2.95. The van der Waals surface area contributed by atoms with Gasteiger partial charge in [0.2, 0.25) is 5.91 Å². The van der Waals surface area contributed by atoms with Crippen LogP contribution in [-0.4, -0.2) is 73.2 Å². The maximum atomic E-state index is 11.9. The minimum Gasteiger partial charge on any atom is -0.493 e. The Morgan fingerprint density at radius 2 is 1.63 bits per heavy atom. The molecule has 0 N–H and O–H groups in total. The van der Waals surface area contributed by atoms with E-state index in [2.05, 4.69) is 26.9 Å². The molecule has 1 fully saturated rings. The normalized spacial score (nSPS) is 13.5. The SMILES string of the molecule is COc1ccc(-c2ccnc3c(N(C)c4ccnc(C)c4)cc(N4CCN(C(C)=O)CC4)nc23)cc1OC. The van der Waals surface area contributed by atoms with Crippen LogP contribution in [0.25, 0.3) is 22.2 Å². The Bertz CT molecular complexity index is 1480. The van der Waals surface area contributed by atoms with E-state index in [0.29, 0.717) is 37.7 Å². The molecule has 0 saturated carbocycles. The molecule has 4 heterocycles. The van der Waals surface area contributed by atoms with Crippen LogP contribution in [0.4, 0.5) is 17.2 Å². The molecule has 0 radical (unpaired) electrons. The zero-order valence-electron chi connectivity index (χ0n) is 22.4. The molecule has 9 nitrogen and oxygen atoms in total. The van der Waals surface area contributed by atoms with Gasteiger partial charge in [0.1, 0.15) is 16.9 Å². The van der Waals surface area contributed by atoms with Crippen molar-refractivity contribution in [3.8, 4) is 22.6 Å². The maximum absolute atomic E-state index is 11.9. The Morgan fingerprint density at radius 3 is 2.32 bits per heavy atom. The summed E-state index contributed by atoms with van der Waals surface area (Å²) >= 11 is 0. The summed E-state index contributed by atoms with van der Waals surface area (Å²) in [5.41, 5.74) is 6.37. The average molecular weight is 513 g/mol. The van der Waals surface area contributed by atoms with Crippen molar-refractivity contribution in [2.24, 2.45) is 0 Å². The second-order valence-electron chi connectivity index (χ2n) is 9.33. The van der Waals surface area contributed by atoms with E-state index in [1.165, 1.54) is 0 Å². The molecule has 0 atom stereocenters. The standard InChI is InChI=1S/C29H32N6O3/c1-19-16-22(8-10-30-19)33(3)24-18-27(35-14-12-34(13-15-35)20(2)36)32-28-23(9-11-31-29(24)28)21-6-7-25(37-4)26(17-21)38-5/h6-11,16-18H,12-15H2,1-5H3. The molecule has 5 rings (SSSR count). The van der Waals surface area contributed by atoms with Gasteiger partial charge in [-0.15, -0.1) is 0 Å². The molecule has 3 aromatic heterocycles. The van der Waals surface area contributed by atoms with Gasteiger partial charge in [0.05, 0.1) is 19.9 Å². The number of benzene rings is 1. The van der Waals surface area contributed by atoms with Gasteiger partial charge in [-0.2, -0.15) is 0 Å². The molecule has 9 heteroatoms. The number of hydrogen-bond donors (Lipinski definition) is 0. The van der Waals surface area contributed by atoms with E-state index in [4.69, 9.17) is 19.4 Å². The van der Waals surface area contributed by atoms with Gasteiger partial charge in [-0.1, -0.05) is 6.07 Å². The van der Waals surface area contributed by atoms with Crippen molar-refractivity contribution in [3.05, 3.63) is 60.6 Å². The first-order valence-electron chi connectivity index (χ1n) is 12.6. The van der Waals surface area contributed by atoms with Crippen LogP contribution in [0.1, 0.15) is 12.6 Å². The highest BCUT2D eigenvalue weighted by atomic mass is 16.5. The lowest BCUT2D eigenvalue weighted by Gasteiger charge is -2.35. The zero-order chi connectivity index (χ0) is 26.8. The van der Waals surface area contributed by atoms with Gasteiger partial charge in [0.15, 0.2) is 11.5 Å². The highest BCUT2D eigenvalue weighted by molar-refractivity contribution is 6.00. The van der Waals surface area contributed by atoms with Crippen LogP contribution in [0.2, 0.25) is 0 Å². The summed E-state index contributed by atoms with van der Waals surface area (Å²) in [6, 6.07) is 14.0. The quantitative estimate of drug-likeness (QED) is 0.375. The number of carbonyl (C=O) groups is 1. The number of ether oxygens (including phenoxy) is 2. The zero-order valence-corrected chi connectivity index (χ0v) is 22.4. The molecule has 1 aliphatic rings. The van der Waals surface area contributed by atoms with Gasteiger partial charge in [0.25, 0.3) is 0 Å². The van der Waals surface area contributed by atoms with E-state index < -0.39 is 0 Å². The highest BCUT2D eigenvalue weighted by Gasteiger charge is 2.23. The van der Waals surface area contributed by atoms with Crippen molar-refractivity contribution in [2.45, 2.75) is 13.8 Å². The predicted octanol–water partition coefficient (Wildman–Crippen LogP) is 4.45. The van der Waals surface area contributed by atoms with Crippen molar-refractivity contribution in [1.29, 1.82) is 0 Å². The Balaban J connectivity index is 1.68. The van der Waals surface area contributed by atoms with Crippen LogP contribution in [0.5, 0.6) is 11.5 Å².